The average molecular weight is 922 g/mol. The Morgan fingerprint density at radius 1 is 0.310 bits per heavy atom. The van der Waals surface area contributed by atoms with Gasteiger partial charge < -0.3 is 9.32 Å². The molecule has 2 heterocycles. The summed E-state index contributed by atoms with van der Waals surface area (Å²) in [7, 11) is 0. The fraction of sp³-hybridized carbons (Fsp3) is 0.0294. The van der Waals surface area contributed by atoms with Crippen molar-refractivity contribution in [2.75, 3.05) is 4.90 Å². The van der Waals surface area contributed by atoms with E-state index in [1.54, 1.807) is 0 Å². The Labute approximate surface area is 416 Å². The fourth-order valence-corrected chi connectivity index (χ4v) is 14.1. The van der Waals surface area contributed by atoms with E-state index in [0.717, 1.165) is 44.6 Å². The van der Waals surface area contributed by atoms with Crippen LogP contribution in [0.1, 0.15) is 44.5 Å². The maximum atomic E-state index is 7.68. The normalized spacial score (nSPS) is 13.9. The lowest BCUT2D eigenvalue weighted by atomic mass is 9.67. The summed E-state index contributed by atoms with van der Waals surface area (Å²) in [6, 6.07) is 96.4. The zero-order chi connectivity index (χ0) is 46.7. The number of rotatable bonds is 7. The summed E-state index contributed by atoms with van der Waals surface area (Å²) in [5, 5.41) is 4.67. The van der Waals surface area contributed by atoms with Crippen LogP contribution in [0.2, 0.25) is 0 Å². The third kappa shape index (κ3) is 5.47. The molecule has 2 aliphatic rings. The van der Waals surface area contributed by atoms with Gasteiger partial charge in [-0.1, -0.05) is 231 Å². The number of furan rings is 1. The van der Waals surface area contributed by atoms with Crippen molar-refractivity contribution in [1.29, 1.82) is 0 Å². The van der Waals surface area contributed by atoms with Gasteiger partial charge in [0.25, 0.3) is 0 Å². The van der Waals surface area contributed by atoms with Crippen LogP contribution in [0.25, 0.3) is 64.4 Å². The highest BCUT2D eigenvalue weighted by molar-refractivity contribution is 7.26. The predicted octanol–water partition coefficient (Wildman–Crippen LogP) is 18.1. The molecule has 0 bridgehead atoms. The summed E-state index contributed by atoms with van der Waals surface area (Å²) in [6.45, 7) is 0. The largest absolute Gasteiger partial charge is 0.453 e. The van der Waals surface area contributed by atoms with Gasteiger partial charge in [-0.3, -0.25) is 0 Å². The molecule has 11 aromatic carbocycles. The molecule has 13 aromatic rings. The van der Waals surface area contributed by atoms with E-state index < -0.39 is 10.8 Å². The Hall–Kier alpha value is -8.76. The first kappa shape index (κ1) is 40.2. The molecule has 0 unspecified atom stereocenters. The van der Waals surface area contributed by atoms with Crippen LogP contribution in [0.4, 0.5) is 17.1 Å². The van der Waals surface area contributed by atoms with Crippen LogP contribution in [-0.2, 0) is 10.8 Å². The molecule has 2 aliphatic carbocycles. The highest BCUT2D eigenvalue weighted by Crippen LogP contribution is 2.60. The monoisotopic (exact) mass is 921 g/mol. The van der Waals surface area contributed by atoms with Crippen LogP contribution in [-0.4, -0.2) is 0 Å². The van der Waals surface area contributed by atoms with Gasteiger partial charge in [-0.2, -0.15) is 0 Å². The van der Waals surface area contributed by atoms with Gasteiger partial charge in [0.05, 0.1) is 26.9 Å². The van der Waals surface area contributed by atoms with Gasteiger partial charge in [0.1, 0.15) is 5.58 Å². The zero-order valence-corrected chi connectivity index (χ0v) is 39.4. The Morgan fingerprint density at radius 3 is 1.39 bits per heavy atom. The first-order valence-electron chi connectivity index (χ1n) is 24.5. The number of benzene rings is 11. The van der Waals surface area contributed by atoms with E-state index in [4.69, 9.17) is 4.42 Å². The average Bonchev–Trinajstić information content (AvgIpc) is 4.19. The molecular formula is C68H43NOS. The van der Waals surface area contributed by atoms with E-state index in [2.05, 4.69) is 266 Å². The first-order valence-corrected chi connectivity index (χ1v) is 25.3. The van der Waals surface area contributed by atoms with E-state index in [1.165, 1.54) is 81.4 Å². The highest BCUT2D eigenvalue weighted by Gasteiger charge is 2.49. The van der Waals surface area contributed by atoms with Crippen LogP contribution < -0.4 is 4.90 Å². The number of anilines is 3. The van der Waals surface area contributed by atoms with Crippen LogP contribution in [0.15, 0.2) is 265 Å². The summed E-state index contributed by atoms with van der Waals surface area (Å²) < 4.78 is 10.2. The van der Waals surface area contributed by atoms with Crippen molar-refractivity contribution in [3.05, 3.63) is 305 Å². The molecule has 0 fully saturated rings. The number of hydrogen-bond donors (Lipinski definition) is 0. The third-order valence-corrected chi connectivity index (χ3v) is 16.8. The van der Waals surface area contributed by atoms with Crippen molar-refractivity contribution in [3.63, 3.8) is 0 Å². The summed E-state index contributed by atoms with van der Waals surface area (Å²) >= 11 is 1.86. The summed E-state index contributed by atoms with van der Waals surface area (Å²) in [5.74, 6) is 0. The van der Waals surface area contributed by atoms with E-state index in [0.29, 0.717) is 0 Å². The summed E-state index contributed by atoms with van der Waals surface area (Å²) in [5.41, 5.74) is 18.6. The van der Waals surface area contributed by atoms with Gasteiger partial charge in [0, 0.05) is 37.5 Å². The molecule has 2 aromatic heterocycles. The standard InChI is InChI=1S/C68H43NOS/c1-4-21-44(22-5-1)67(45-23-6-2-7-24-45)56-34-14-10-29-50(56)51-42-41-47(43-60(51)67)69(62-39-20-33-55-52-30-13-17-40-63(52)71-66(55)62)61-38-19-32-54-53-31-18-37-59(64(53)70-65(54)61)68(46-25-8-3-9-26-46)57-35-15-11-27-48(57)49-28-12-16-36-58(49)68/h1-43H. The zero-order valence-electron chi connectivity index (χ0n) is 38.6. The lowest BCUT2D eigenvalue weighted by Crippen LogP contribution is -2.28. The van der Waals surface area contributed by atoms with Gasteiger partial charge in [-0.25, -0.2) is 0 Å². The number of thiophene rings is 1. The molecule has 3 heteroatoms. The lowest BCUT2D eigenvalue weighted by Gasteiger charge is -2.35. The van der Waals surface area contributed by atoms with E-state index >= 15 is 0 Å². The number of nitrogens with zero attached hydrogens (tertiary/aromatic N) is 1. The second-order valence-electron chi connectivity index (χ2n) is 19.0. The van der Waals surface area contributed by atoms with Gasteiger partial charge >= 0.3 is 0 Å². The van der Waals surface area contributed by atoms with E-state index in [9.17, 15) is 0 Å². The Bertz CT molecular complexity index is 4160. The Kier molecular flexibility index (Phi) is 8.69. The molecule has 0 spiro atoms. The molecule has 0 aliphatic heterocycles. The van der Waals surface area contributed by atoms with Crippen LogP contribution in [0, 0.1) is 0 Å². The number of hydrogen-bond acceptors (Lipinski definition) is 3. The summed E-state index contributed by atoms with van der Waals surface area (Å²) in [6.07, 6.45) is 0. The van der Waals surface area contributed by atoms with Crippen molar-refractivity contribution >= 4 is 70.5 Å². The lowest BCUT2D eigenvalue weighted by molar-refractivity contribution is 0.648. The highest BCUT2D eigenvalue weighted by atomic mass is 32.1. The van der Waals surface area contributed by atoms with Crippen molar-refractivity contribution in [2.45, 2.75) is 10.8 Å². The van der Waals surface area contributed by atoms with Crippen molar-refractivity contribution in [2.24, 2.45) is 0 Å². The molecule has 0 N–H and O–H groups in total. The molecular weight excluding hydrogens is 879 g/mol. The van der Waals surface area contributed by atoms with Gasteiger partial charge in [0.2, 0.25) is 0 Å². The van der Waals surface area contributed by atoms with Crippen LogP contribution in [0.5, 0.6) is 0 Å². The molecule has 0 amide bonds. The topological polar surface area (TPSA) is 16.4 Å². The summed E-state index contributed by atoms with van der Waals surface area (Å²) in [4.78, 5) is 2.49. The van der Waals surface area contributed by atoms with Gasteiger partial charge in [0.15, 0.2) is 5.58 Å². The SMILES string of the molecule is c1ccc(C2(c3ccccc3)c3ccccc3-c3ccc(N(c4cccc5c4oc4c(C6(c7ccccc7)c7ccccc7-c7ccccc76)cccc45)c4cccc5c4sc4ccccc45)cc32)cc1. The van der Waals surface area contributed by atoms with Crippen LogP contribution in [0.3, 0.4) is 0 Å². The molecule has 0 atom stereocenters. The molecule has 332 valence electrons. The Morgan fingerprint density at radius 2 is 0.761 bits per heavy atom. The smallest absolute Gasteiger partial charge is 0.159 e. The third-order valence-electron chi connectivity index (χ3n) is 15.6. The molecule has 0 saturated carbocycles. The number of para-hydroxylation sites is 2. The fourth-order valence-electron chi connectivity index (χ4n) is 12.8. The maximum Gasteiger partial charge on any atom is 0.159 e. The van der Waals surface area contributed by atoms with Crippen molar-refractivity contribution < 1.29 is 4.42 Å². The minimum atomic E-state index is -0.627. The minimum absolute atomic E-state index is 0.570. The molecule has 0 radical (unpaired) electrons. The number of fused-ring (bicyclic) bond motifs is 12. The van der Waals surface area contributed by atoms with Crippen molar-refractivity contribution in [1.82, 2.24) is 0 Å². The van der Waals surface area contributed by atoms with Crippen LogP contribution >= 0.6 is 11.3 Å². The van der Waals surface area contributed by atoms with Crippen molar-refractivity contribution in [3.8, 4) is 22.3 Å². The van der Waals surface area contributed by atoms with E-state index in [1.807, 2.05) is 11.3 Å². The Balaban J connectivity index is 1.04. The minimum Gasteiger partial charge on any atom is -0.453 e. The molecule has 2 nitrogen and oxygen atoms in total. The molecule has 0 saturated heterocycles. The van der Waals surface area contributed by atoms with Gasteiger partial charge in [-0.15, -0.1) is 11.3 Å². The second-order valence-corrected chi connectivity index (χ2v) is 20.0. The second kappa shape index (κ2) is 15.4. The molecule has 15 rings (SSSR count). The van der Waals surface area contributed by atoms with Gasteiger partial charge in [-0.05, 0) is 91.5 Å². The quantitative estimate of drug-likeness (QED) is 0.158. The molecule has 71 heavy (non-hydrogen) atoms. The maximum absolute atomic E-state index is 7.68. The predicted molar refractivity (Wildman–Crippen MR) is 296 cm³/mol. The first-order chi connectivity index (χ1) is 35.2. The van der Waals surface area contributed by atoms with E-state index in [-0.39, 0.29) is 0 Å².